The first kappa shape index (κ1) is 19.0. The fourth-order valence-corrected chi connectivity index (χ4v) is 5.28. The molecular weight excluding hydrogens is 374 g/mol. The maximum Gasteiger partial charge on any atom is 0.270 e. The third-order valence-corrected chi connectivity index (χ3v) is 7.30. The van der Waals surface area contributed by atoms with Gasteiger partial charge in [-0.3, -0.25) is 9.48 Å². The van der Waals surface area contributed by atoms with Gasteiger partial charge in [0.2, 0.25) is 10.0 Å². The highest BCUT2D eigenvalue weighted by molar-refractivity contribution is 7.89. The number of aryl methyl sites for hydroxylation is 1. The van der Waals surface area contributed by atoms with E-state index in [4.69, 9.17) is 0 Å². The summed E-state index contributed by atoms with van der Waals surface area (Å²) in [6, 6.07) is -0.0286. The topological polar surface area (TPSA) is 97.2 Å². The lowest BCUT2D eigenvalue weighted by Crippen LogP contribution is -2.47. The molecular formula is C16H23N5O3S2. The van der Waals surface area contributed by atoms with Gasteiger partial charge in [-0.25, -0.2) is 17.7 Å². The fraction of sp³-hybridized carbons (Fsp3) is 0.562. The van der Waals surface area contributed by atoms with E-state index in [1.807, 2.05) is 20.2 Å². The predicted octanol–water partition coefficient (Wildman–Crippen LogP) is 1.48. The van der Waals surface area contributed by atoms with Gasteiger partial charge in [-0.15, -0.1) is 11.3 Å². The lowest BCUT2D eigenvalue weighted by molar-refractivity contribution is 0.0919. The molecule has 0 unspecified atom stereocenters. The first-order valence-corrected chi connectivity index (χ1v) is 11.1. The fourth-order valence-electron chi connectivity index (χ4n) is 2.97. The Labute approximate surface area is 157 Å². The third-order valence-electron chi connectivity index (χ3n) is 4.33. The van der Waals surface area contributed by atoms with Crippen molar-refractivity contribution in [3.05, 3.63) is 23.5 Å². The summed E-state index contributed by atoms with van der Waals surface area (Å²) in [5.74, 6) is -0.0359. The second kappa shape index (κ2) is 7.85. The van der Waals surface area contributed by atoms with E-state index < -0.39 is 10.0 Å². The van der Waals surface area contributed by atoms with E-state index in [9.17, 15) is 13.2 Å². The summed E-state index contributed by atoms with van der Waals surface area (Å²) in [7, 11) is -1.33. The number of piperidine rings is 1. The molecule has 0 atom stereocenters. The van der Waals surface area contributed by atoms with Crippen molar-refractivity contribution in [2.24, 2.45) is 7.05 Å². The lowest BCUT2D eigenvalue weighted by atomic mass is 10.1. The smallest absolute Gasteiger partial charge is 0.270 e. The van der Waals surface area contributed by atoms with Gasteiger partial charge in [0, 0.05) is 43.3 Å². The van der Waals surface area contributed by atoms with Crippen LogP contribution < -0.4 is 5.32 Å². The molecule has 0 saturated carbocycles. The first-order valence-electron chi connectivity index (χ1n) is 8.62. The van der Waals surface area contributed by atoms with Crippen LogP contribution in [-0.4, -0.2) is 58.3 Å². The Morgan fingerprint density at radius 2 is 2.12 bits per heavy atom. The molecule has 3 rings (SSSR count). The minimum absolute atomic E-state index is 0.0286. The number of hydrogen-bond donors (Lipinski definition) is 1. The molecule has 3 heterocycles. The molecule has 0 bridgehead atoms. The molecule has 1 N–H and O–H groups in total. The van der Waals surface area contributed by atoms with Crippen LogP contribution in [0.5, 0.6) is 0 Å². The molecule has 1 aliphatic rings. The molecule has 2 aromatic rings. The second-order valence-electron chi connectivity index (χ2n) is 6.40. The van der Waals surface area contributed by atoms with E-state index in [0.29, 0.717) is 38.0 Å². The van der Waals surface area contributed by atoms with Crippen LogP contribution >= 0.6 is 11.3 Å². The molecule has 1 amide bonds. The summed E-state index contributed by atoms with van der Waals surface area (Å²) in [5.41, 5.74) is 1.26. The highest BCUT2D eigenvalue weighted by atomic mass is 32.2. The number of nitrogens with zero attached hydrogens (tertiary/aromatic N) is 4. The third kappa shape index (κ3) is 4.30. The number of thiazole rings is 1. The summed E-state index contributed by atoms with van der Waals surface area (Å²) in [5, 5.41) is 9.57. The SMILES string of the molecule is CCCS(=O)(=O)N1CCC(NC(=O)c2csc(-c3cnn(C)c3)n2)CC1. The number of aromatic nitrogens is 3. The molecule has 1 aliphatic heterocycles. The Morgan fingerprint density at radius 1 is 1.38 bits per heavy atom. The number of hydrogen-bond acceptors (Lipinski definition) is 6. The van der Waals surface area contributed by atoms with Crippen molar-refractivity contribution in [3.63, 3.8) is 0 Å². The van der Waals surface area contributed by atoms with Gasteiger partial charge in [-0.05, 0) is 19.3 Å². The quantitative estimate of drug-likeness (QED) is 0.796. The standard InChI is InChI=1S/C16H23N5O3S2/c1-3-8-26(23,24)21-6-4-13(5-7-21)18-15(22)14-11-25-16(19-14)12-9-17-20(2)10-12/h9-11,13H,3-8H2,1-2H3,(H,18,22). The highest BCUT2D eigenvalue weighted by Gasteiger charge is 2.28. The number of rotatable bonds is 6. The maximum atomic E-state index is 12.4. The van der Waals surface area contributed by atoms with Crippen molar-refractivity contribution in [1.29, 1.82) is 0 Å². The Morgan fingerprint density at radius 3 is 2.73 bits per heavy atom. The first-order chi connectivity index (χ1) is 12.4. The number of nitrogens with one attached hydrogen (secondary N) is 1. The van der Waals surface area contributed by atoms with Crippen molar-refractivity contribution in [2.75, 3.05) is 18.8 Å². The minimum atomic E-state index is -3.16. The van der Waals surface area contributed by atoms with Crippen molar-refractivity contribution in [3.8, 4) is 10.6 Å². The predicted molar refractivity (Wildman–Crippen MR) is 100 cm³/mol. The highest BCUT2D eigenvalue weighted by Crippen LogP contribution is 2.23. The van der Waals surface area contributed by atoms with Crippen LogP contribution in [0.25, 0.3) is 10.6 Å². The molecule has 1 fully saturated rings. The van der Waals surface area contributed by atoms with E-state index in [0.717, 1.165) is 10.6 Å². The van der Waals surface area contributed by atoms with Crippen LogP contribution in [-0.2, 0) is 17.1 Å². The van der Waals surface area contributed by atoms with Crippen molar-refractivity contribution in [1.82, 2.24) is 24.4 Å². The van der Waals surface area contributed by atoms with Crippen molar-refractivity contribution >= 4 is 27.3 Å². The van der Waals surface area contributed by atoms with Gasteiger partial charge >= 0.3 is 0 Å². The Hall–Kier alpha value is -1.78. The van der Waals surface area contributed by atoms with Gasteiger partial charge in [-0.2, -0.15) is 5.10 Å². The maximum absolute atomic E-state index is 12.4. The van der Waals surface area contributed by atoms with E-state index in [1.165, 1.54) is 15.6 Å². The van der Waals surface area contributed by atoms with E-state index in [2.05, 4.69) is 15.4 Å². The number of sulfonamides is 1. The summed E-state index contributed by atoms with van der Waals surface area (Å²) in [6.45, 7) is 2.76. The van der Waals surface area contributed by atoms with E-state index in [-0.39, 0.29) is 17.7 Å². The number of carbonyl (C=O) groups is 1. The second-order valence-corrected chi connectivity index (χ2v) is 9.35. The van der Waals surface area contributed by atoms with Crippen LogP contribution in [0.2, 0.25) is 0 Å². The number of amides is 1. The van der Waals surface area contributed by atoms with Crippen LogP contribution in [0.4, 0.5) is 0 Å². The van der Waals surface area contributed by atoms with Gasteiger partial charge in [0.25, 0.3) is 5.91 Å². The van der Waals surface area contributed by atoms with Crippen molar-refractivity contribution in [2.45, 2.75) is 32.2 Å². The van der Waals surface area contributed by atoms with Crippen LogP contribution in [0.15, 0.2) is 17.8 Å². The summed E-state index contributed by atoms with van der Waals surface area (Å²) < 4.78 is 27.4. The number of carbonyl (C=O) groups excluding carboxylic acids is 1. The van der Waals surface area contributed by atoms with E-state index in [1.54, 1.807) is 16.3 Å². The summed E-state index contributed by atoms with van der Waals surface area (Å²) in [6.07, 6.45) is 5.42. The van der Waals surface area contributed by atoms with Gasteiger partial charge in [0.05, 0.1) is 11.9 Å². The molecule has 2 aromatic heterocycles. The Bertz CT molecular complexity index is 866. The zero-order valence-corrected chi connectivity index (χ0v) is 16.5. The minimum Gasteiger partial charge on any atom is -0.348 e. The zero-order chi connectivity index (χ0) is 18.7. The van der Waals surface area contributed by atoms with Crippen LogP contribution in [0.1, 0.15) is 36.7 Å². The van der Waals surface area contributed by atoms with Gasteiger partial charge in [0.1, 0.15) is 10.7 Å². The van der Waals surface area contributed by atoms with Crippen molar-refractivity contribution < 1.29 is 13.2 Å². The molecule has 0 spiro atoms. The zero-order valence-electron chi connectivity index (χ0n) is 14.9. The normalized spacial score (nSPS) is 16.7. The molecule has 8 nitrogen and oxygen atoms in total. The molecule has 26 heavy (non-hydrogen) atoms. The van der Waals surface area contributed by atoms with Gasteiger partial charge in [0.15, 0.2) is 0 Å². The van der Waals surface area contributed by atoms with Gasteiger partial charge in [-0.1, -0.05) is 6.92 Å². The lowest BCUT2D eigenvalue weighted by Gasteiger charge is -2.31. The van der Waals surface area contributed by atoms with Crippen LogP contribution in [0, 0.1) is 0 Å². The average Bonchev–Trinajstić information content (AvgIpc) is 3.24. The van der Waals surface area contributed by atoms with Gasteiger partial charge < -0.3 is 5.32 Å². The molecule has 0 aliphatic carbocycles. The molecule has 1 saturated heterocycles. The molecule has 0 radical (unpaired) electrons. The molecule has 142 valence electrons. The molecule has 10 heteroatoms. The summed E-state index contributed by atoms with van der Waals surface area (Å²) >= 11 is 1.40. The molecule has 0 aromatic carbocycles. The monoisotopic (exact) mass is 397 g/mol. The van der Waals surface area contributed by atoms with Crippen LogP contribution in [0.3, 0.4) is 0 Å². The Balaban J connectivity index is 1.56. The average molecular weight is 398 g/mol. The summed E-state index contributed by atoms with van der Waals surface area (Å²) in [4.78, 5) is 16.8. The van der Waals surface area contributed by atoms with E-state index >= 15 is 0 Å². The largest absolute Gasteiger partial charge is 0.348 e. The Kier molecular flexibility index (Phi) is 5.73.